The van der Waals surface area contributed by atoms with Crippen LogP contribution in [0.25, 0.3) is 0 Å². The van der Waals surface area contributed by atoms with Gasteiger partial charge in [-0.2, -0.15) is 0 Å². The molecule has 0 fully saturated rings. The van der Waals surface area contributed by atoms with Crippen molar-refractivity contribution in [3.63, 3.8) is 0 Å². The zero-order chi connectivity index (χ0) is 29.4. The summed E-state index contributed by atoms with van der Waals surface area (Å²) in [5.74, 6) is 2.62. The van der Waals surface area contributed by atoms with Crippen LogP contribution in [0.5, 0.6) is 5.75 Å². The molecule has 3 aromatic carbocycles. The maximum Gasteiger partial charge on any atom is 0.261 e. The van der Waals surface area contributed by atoms with Crippen LogP contribution in [0.3, 0.4) is 0 Å². The molecule has 4 aromatic rings. The molecule has 7 nitrogen and oxygen atoms in total. The molecule has 0 saturated heterocycles. The van der Waals surface area contributed by atoms with Gasteiger partial charge in [0.25, 0.3) is 8.32 Å². The molecule has 0 aliphatic carbocycles. The minimum absolute atomic E-state index is 0.0467. The number of hydrogen-bond donors (Lipinski definition) is 2. The molecule has 0 bridgehead atoms. The second-order valence-corrected chi connectivity index (χ2v) is 16.1. The van der Waals surface area contributed by atoms with Crippen molar-refractivity contribution in [2.45, 2.75) is 45.3 Å². The Bertz CT molecular complexity index is 1370. The lowest BCUT2D eigenvalue weighted by atomic mass is 10.2. The summed E-state index contributed by atoms with van der Waals surface area (Å²) in [6, 6.07) is 29.8. The fourth-order valence-corrected chi connectivity index (χ4v) is 10.4. The van der Waals surface area contributed by atoms with Crippen LogP contribution >= 0.6 is 0 Å². The Morgan fingerprint density at radius 3 is 2.19 bits per heavy atom. The van der Waals surface area contributed by atoms with E-state index in [2.05, 4.69) is 119 Å². The first-order valence-electron chi connectivity index (χ1n) is 14.8. The van der Waals surface area contributed by atoms with Crippen molar-refractivity contribution < 1.29 is 9.16 Å². The van der Waals surface area contributed by atoms with E-state index in [9.17, 15) is 0 Å². The summed E-state index contributed by atoms with van der Waals surface area (Å²) in [4.78, 5) is 11.7. The van der Waals surface area contributed by atoms with Crippen LogP contribution in [-0.4, -0.2) is 56.5 Å². The average molecular weight is 582 g/mol. The third kappa shape index (κ3) is 6.67. The lowest BCUT2D eigenvalue weighted by Gasteiger charge is -2.43. The predicted octanol–water partition coefficient (Wildman–Crippen LogP) is 5.29. The highest BCUT2D eigenvalue weighted by atomic mass is 28.4. The number of nitrogens with one attached hydrogen (secondary N) is 2. The zero-order valence-corrected chi connectivity index (χ0v) is 26.3. The molecule has 1 aromatic heterocycles. The molecule has 2 heterocycles. The molecule has 0 unspecified atom stereocenters. The van der Waals surface area contributed by atoms with Crippen LogP contribution in [0.1, 0.15) is 38.3 Å². The maximum atomic E-state index is 7.21. The van der Waals surface area contributed by atoms with Crippen molar-refractivity contribution in [3.05, 3.63) is 102 Å². The van der Waals surface area contributed by atoms with Crippen LogP contribution < -0.4 is 25.7 Å². The Balaban J connectivity index is 1.35. The topological polar surface area (TPSA) is 71.5 Å². The SMILES string of the molecule is COc1ccc(CNc2ncnc3c2CN(CCO[Si](c2ccccc2)(c2ccccc2)C(C)(C)C)CCCN3)cc1. The van der Waals surface area contributed by atoms with E-state index in [1.165, 1.54) is 10.4 Å². The van der Waals surface area contributed by atoms with Gasteiger partial charge in [0.1, 0.15) is 23.7 Å². The molecule has 2 N–H and O–H groups in total. The summed E-state index contributed by atoms with van der Waals surface area (Å²) in [6.07, 6.45) is 2.68. The number of benzene rings is 3. The van der Waals surface area contributed by atoms with Crippen LogP contribution in [0.15, 0.2) is 91.3 Å². The van der Waals surface area contributed by atoms with E-state index in [4.69, 9.17) is 9.16 Å². The summed E-state index contributed by atoms with van der Waals surface area (Å²) in [5, 5.41) is 9.65. The highest BCUT2D eigenvalue weighted by Crippen LogP contribution is 2.36. The fraction of sp³-hybridized carbons (Fsp3) is 0.353. The monoisotopic (exact) mass is 581 g/mol. The Labute approximate surface area is 251 Å². The van der Waals surface area contributed by atoms with E-state index in [1.807, 2.05) is 12.1 Å². The van der Waals surface area contributed by atoms with Gasteiger partial charge >= 0.3 is 0 Å². The summed E-state index contributed by atoms with van der Waals surface area (Å²) >= 11 is 0. The lowest BCUT2D eigenvalue weighted by molar-refractivity contribution is 0.194. The van der Waals surface area contributed by atoms with Gasteiger partial charge in [-0.3, -0.25) is 4.90 Å². The van der Waals surface area contributed by atoms with Gasteiger partial charge in [-0.05, 0) is 39.5 Å². The predicted molar refractivity (Wildman–Crippen MR) is 174 cm³/mol. The lowest BCUT2D eigenvalue weighted by Crippen LogP contribution is -2.67. The second-order valence-electron chi connectivity index (χ2n) is 11.8. The van der Waals surface area contributed by atoms with Gasteiger partial charge < -0.3 is 19.8 Å². The van der Waals surface area contributed by atoms with Gasteiger partial charge in [0.15, 0.2) is 0 Å². The van der Waals surface area contributed by atoms with Gasteiger partial charge in [-0.25, -0.2) is 9.97 Å². The van der Waals surface area contributed by atoms with E-state index in [0.29, 0.717) is 13.2 Å². The molecule has 0 atom stereocenters. The Morgan fingerprint density at radius 2 is 1.57 bits per heavy atom. The van der Waals surface area contributed by atoms with E-state index < -0.39 is 8.32 Å². The first kappa shape index (κ1) is 29.8. The Morgan fingerprint density at radius 1 is 0.905 bits per heavy atom. The summed E-state index contributed by atoms with van der Waals surface area (Å²) in [5.41, 5.74) is 2.26. The maximum absolute atomic E-state index is 7.21. The van der Waals surface area contributed by atoms with Crippen molar-refractivity contribution in [1.29, 1.82) is 0 Å². The van der Waals surface area contributed by atoms with E-state index in [1.54, 1.807) is 13.4 Å². The minimum Gasteiger partial charge on any atom is -0.497 e. The highest BCUT2D eigenvalue weighted by molar-refractivity contribution is 6.99. The number of hydrogen-bond acceptors (Lipinski definition) is 7. The molecule has 8 heteroatoms. The number of methoxy groups -OCH3 is 1. The molecular weight excluding hydrogens is 538 g/mol. The molecule has 0 radical (unpaired) electrons. The molecule has 0 saturated carbocycles. The average Bonchev–Trinajstić information content (AvgIpc) is 3.00. The number of nitrogens with zero attached hydrogens (tertiary/aromatic N) is 3. The van der Waals surface area contributed by atoms with Crippen molar-refractivity contribution in [3.8, 4) is 5.75 Å². The number of aromatic nitrogens is 2. The second kappa shape index (κ2) is 13.5. The van der Waals surface area contributed by atoms with Gasteiger partial charge in [-0.1, -0.05) is 93.6 Å². The van der Waals surface area contributed by atoms with Crippen LogP contribution in [0.2, 0.25) is 5.04 Å². The van der Waals surface area contributed by atoms with Crippen LogP contribution in [0, 0.1) is 0 Å². The van der Waals surface area contributed by atoms with E-state index in [0.717, 1.165) is 61.1 Å². The van der Waals surface area contributed by atoms with Gasteiger partial charge in [0.2, 0.25) is 0 Å². The number of fused-ring (bicyclic) bond motifs is 1. The minimum atomic E-state index is -2.58. The Hall–Kier alpha value is -3.72. The van der Waals surface area contributed by atoms with Crippen LogP contribution in [0.4, 0.5) is 11.6 Å². The van der Waals surface area contributed by atoms with Gasteiger partial charge in [0.05, 0.1) is 12.7 Å². The number of rotatable bonds is 10. The molecule has 1 aliphatic rings. The summed E-state index contributed by atoms with van der Waals surface area (Å²) in [6.45, 7) is 11.7. The molecule has 0 spiro atoms. The van der Waals surface area contributed by atoms with Crippen molar-refractivity contribution in [2.24, 2.45) is 0 Å². The molecular formula is C34H43N5O2Si. The summed E-state index contributed by atoms with van der Waals surface area (Å²) in [7, 11) is -0.896. The van der Waals surface area contributed by atoms with Gasteiger partial charge in [-0.15, -0.1) is 0 Å². The highest BCUT2D eigenvalue weighted by Gasteiger charge is 2.50. The largest absolute Gasteiger partial charge is 0.497 e. The first-order chi connectivity index (χ1) is 20.4. The zero-order valence-electron chi connectivity index (χ0n) is 25.3. The smallest absolute Gasteiger partial charge is 0.261 e. The normalized spacial score (nSPS) is 14.3. The van der Waals surface area contributed by atoms with Crippen LogP contribution in [-0.2, 0) is 17.5 Å². The molecule has 1 aliphatic heterocycles. The van der Waals surface area contributed by atoms with Crippen molar-refractivity contribution in [2.75, 3.05) is 44.0 Å². The van der Waals surface area contributed by atoms with Gasteiger partial charge in [0, 0.05) is 39.3 Å². The third-order valence-corrected chi connectivity index (χ3v) is 13.1. The fourth-order valence-electron chi connectivity index (χ4n) is 5.89. The third-order valence-electron chi connectivity index (χ3n) is 8.03. The standard InChI is InChI=1S/C34H43N5O2Si/c1-34(2,3)42(29-12-7-5-8-13-29,30-14-9-6-10-15-30)41-23-22-39-21-11-20-35-32-31(25-39)33(38-26-37-32)36-24-27-16-18-28(40-4)19-17-27/h5-10,12-19,26H,11,20-25H2,1-4H3,(H2,35,36,37,38). The van der Waals surface area contributed by atoms with E-state index >= 15 is 0 Å². The van der Waals surface area contributed by atoms with Crippen molar-refractivity contribution >= 4 is 30.3 Å². The molecule has 42 heavy (non-hydrogen) atoms. The quantitative estimate of drug-likeness (QED) is 0.247. The first-order valence-corrected chi connectivity index (χ1v) is 16.7. The van der Waals surface area contributed by atoms with E-state index in [-0.39, 0.29) is 5.04 Å². The molecule has 0 amide bonds. The molecule has 5 rings (SSSR count). The Kier molecular flexibility index (Phi) is 9.57. The van der Waals surface area contributed by atoms with Crippen molar-refractivity contribution in [1.82, 2.24) is 14.9 Å². The number of anilines is 2. The summed E-state index contributed by atoms with van der Waals surface area (Å²) < 4.78 is 12.5. The number of ether oxygens (including phenoxy) is 1. The molecule has 220 valence electrons.